The largest absolute Gasteiger partial charge is 0.328 e. The molecule has 0 aliphatic heterocycles. The average Bonchev–Trinajstić information content (AvgIpc) is 2.30. The molecule has 0 saturated carbocycles. The van der Waals surface area contributed by atoms with Crippen LogP contribution in [0.2, 0.25) is 0 Å². The molecule has 1 unspecified atom stereocenters. The zero-order chi connectivity index (χ0) is 14.7. The van der Waals surface area contributed by atoms with Crippen LogP contribution in [0.3, 0.4) is 0 Å². The highest BCUT2D eigenvalue weighted by atomic mass is 32.2. The second-order valence-electron chi connectivity index (χ2n) is 5.17. The molecule has 0 amide bonds. The molecule has 106 valence electrons. The first-order valence-corrected chi connectivity index (χ1v) is 7.43. The smallest absolute Gasteiger partial charge is 0.137 e. The van der Waals surface area contributed by atoms with E-state index in [-0.39, 0.29) is 11.9 Å². The molecule has 1 aromatic heterocycles. The number of nitrogens with two attached hydrogens (primary N) is 1. The Morgan fingerprint density at radius 3 is 2.60 bits per heavy atom. The molecule has 0 spiro atoms. The van der Waals surface area contributed by atoms with Gasteiger partial charge >= 0.3 is 0 Å². The topological polar surface area (TPSA) is 38.9 Å². The molecule has 0 aliphatic rings. The van der Waals surface area contributed by atoms with E-state index in [9.17, 15) is 4.39 Å². The van der Waals surface area contributed by atoms with Gasteiger partial charge in [-0.3, -0.25) is 0 Å². The molecule has 2 aromatic rings. The zero-order valence-corrected chi connectivity index (χ0v) is 12.8. The lowest BCUT2D eigenvalue weighted by atomic mass is 10.1. The van der Waals surface area contributed by atoms with Crippen LogP contribution in [0, 0.1) is 19.7 Å². The summed E-state index contributed by atoms with van der Waals surface area (Å²) in [5.74, 6) is -0.214. The van der Waals surface area contributed by atoms with Crippen molar-refractivity contribution in [3.63, 3.8) is 0 Å². The average molecular weight is 290 g/mol. The Balaban J connectivity index is 2.21. The van der Waals surface area contributed by atoms with Gasteiger partial charge in [0.2, 0.25) is 0 Å². The predicted octanol–water partition coefficient (Wildman–Crippen LogP) is 3.88. The molecular weight excluding hydrogens is 271 g/mol. The summed E-state index contributed by atoms with van der Waals surface area (Å²) < 4.78 is 14.1. The maximum absolute atomic E-state index is 14.1. The number of rotatable bonds is 4. The monoisotopic (exact) mass is 290 g/mol. The van der Waals surface area contributed by atoms with Crippen LogP contribution in [0.15, 0.2) is 40.3 Å². The van der Waals surface area contributed by atoms with E-state index in [0.29, 0.717) is 11.3 Å². The molecule has 2 N–H and O–H groups in total. The second-order valence-corrected chi connectivity index (χ2v) is 6.23. The Hall–Kier alpha value is -1.39. The zero-order valence-electron chi connectivity index (χ0n) is 12.0. The predicted molar refractivity (Wildman–Crippen MR) is 81.6 cm³/mol. The van der Waals surface area contributed by atoms with Gasteiger partial charge in [0.1, 0.15) is 10.8 Å². The highest BCUT2D eigenvalue weighted by Gasteiger charge is 2.08. The van der Waals surface area contributed by atoms with Crippen molar-refractivity contribution in [1.82, 2.24) is 4.98 Å². The summed E-state index contributed by atoms with van der Waals surface area (Å²) >= 11 is 1.35. The maximum Gasteiger partial charge on any atom is 0.137 e. The highest BCUT2D eigenvalue weighted by molar-refractivity contribution is 7.99. The van der Waals surface area contributed by atoms with Crippen molar-refractivity contribution in [2.45, 2.75) is 43.2 Å². The van der Waals surface area contributed by atoms with Crippen LogP contribution in [0.25, 0.3) is 0 Å². The minimum Gasteiger partial charge on any atom is -0.328 e. The van der Waals surface area contributed by atoms with Gasteiger partial charge in [-0.1, -0.05) is 17.8 Å². The summed E-state index contributed by atoms with van der Waals surface area (Å²) in [5, 5.41) is 0.821. The van der Waals surface area contributed by atoms with Gasteiger partial charge in [0.05, 0.1) is 0 Å². The molecule has 1 heterocycles. The molecule has 4 heteroatoms. The molecule has 0 radical (unpaired) electrons. The van der Waals surface area contributed by atoms with Crippen molar-refractivity contribution >= 4 is 11.8 Å². The summed E-state index contributed by atoms with van der Waals surface area (Å²) in [5.41, 5.74) is 8.74. The number of pyridine rings is 1. The first-order chi connectivity index (χ1) is 9.44. The van der Waals surface area contributed by atoms with Crippen molar-refractivity contribution in [2.24, 2.45) is 5.73 Å². The van der Waals surface area contributed by atoms with E-state index in [1.807, 2.05) is 39.0 Å². The van der Waals surface area contributed by atoms with E-state index in [4.69, 9.17) is 5.73 Å². The van der Waals surface area contributed by atoms with Crippen molar-refractivity contribution < 1.29 is 4.39 Å². The third-order valence-corrected chi connectivity index (χ3v) is 3.81. The molecular formula is C16H19FN2S. The third kappa shape index (κ3) is 4.05. The van der Waals surface area contributed by atoms with Gasteiger partial charge in [-0.15, -0.1) is 0 Å². The summed E-state index contributed by atoms with van der Waals surface area (Å²) in [6.07, 6.45) is 0.684. The minimum atomic E-state index is -0.214. The summed E-state index contributed by atoms with van der Waals surface area (Å²) in [7, 11) is 0. The maximum atomic E-state index is 14.1. The molecule has 0 bridgehead atoms. The Kier molecular flexibility index (Phi) is 4.78. The van der Waals surface area contributed by atoms with Crippen molar-refractivity contribution in [3.8, 4) is 0 Å². The van der Waals surface area contributed by atoms with E-state index in [0.717, 1.165) is 21.8 Å². The number of benzene rings is 1. The van der Waals surface area contributed by atoms with Gasteiger partial charge in [-0.25, -0.2) is 9.37 Å². The Labute approximate surface area is 123 Å². The van der Waals surface area contributed by atoms with Crippen molar-refractivity contribution in [3.05, 3.63) is 53.0 Å². The summed E-state index contributed by atoms with van der Waals surface area (Å²) in [6, 6.07) is 9.30. The van der Waals surface area contributed by atoms with Crippen LogP contribution in [-0.4, -0.2) is 11.0 Å². The van der Waals surface area contributed by atoms with E-state index in [1.54, 1.807) is 12.1 Å². The molecule has 1 atom stereocenters. The molecule has 2 rings (SSSR count). The molecule has 0 aliphatic carbocycles. The summed E-state index contributed by atoms with van der Waals surface area (Å²) in [6.45, 7) is 5.87. The molecule has 0 saturated heterocycles. The fraction of sp³-hybridized carbons (Fsp3) is 0.312. The van der Waals surface area contributed by atoms with Crippen LogP contribution < -0.4 is 5.73 Å². The van der Waals surface area contributed by atoms with Gasteiger partial charge in [0, 0.05) is 16.6 Å². The van der Waals surface area contributed by atoms with Gasteiger partial charge in [-0.05, 0) is 62.6 Å². The minimum absolute atomic E-state index is 0.0361. The lowest BCUT2D eigenvalue weighted by molar-refractivity contribution is 0.597. The molecule has 1 aromatic carbocycles. The number of hydrogen-bond donors (Lipinski definition) is 1. The van der Waals surface area contributed by atoms with Gasteiger partial charge in [0.15, 0.2) is 0 Å². The van der Waals surface area contributed by atoms with Gasteiger partial charge in [0.25, 0.3) is 0 Å². The quantitative estimate of drug-likeness (QED) is 0.928. The lowest BCUT2D eigenvalue weighted by Crippen LogP contribution is -2.17. The fourth-order valence-electron chi connectivity index (χ4n) is 2.10. The molecule has 20 heavy (non-hydrogen) atoms. The van der Waals surface area contributed by atoms with Crippen LogP contribution >= 0.6 is 11.8 Å². The molecule has 0 fully saturated rings. The van der Waals surface area contributed by atoms with Gasteiger partial charge in [-0.2, -0.15) is 0 Å². The Bertz CT molecular complexity index is 591. The number of aryl methyl sites for hydroxylation is 2. The van der Waals surface area contributed by atoms with E-state index in [1.165, 1.54) is 11.8 Å². The van der Waals surface area contributed by atoms with Crippen LogP contribution in [0.1, 0.15) is 23.7 Å². The first kappa shape index (κ1) is 15.0. The SMILES string of the molecule is Cc1cc(C)nc(Sc2ccc(CC(C)N)cc2F)c1. The number of hydrogen-bond acceptors (Lipinski definition) is 3. The van der Waals surface area contributed by atoms with Gasteiger partial charge < -0.3 is 5.73 Å². The van der Waals surface area contributed by atoms with Crippen LogP contribution in [-0.2, 0) is 6.42 Å². The third-order valence-electron chi connectivity index (χ3n) is 2.84. The van der Waals surface area contributed by atoms with E-state index >= 15 is 0 Å². The highest BCUT2D eigenvalue weighted by Crippen LogP contribution is 2.29. The van der Waals surface area contributed by atoms with Crippen LogP contribution in [0.4, 0.5) is 4.39 Å². The van der Waals surface area contributed by atoms with Crippen molar-refractivity contribution in [2.75, 3.05) is 0 Å². The normalized spacial score (nSPS) is 12.4. The Morgan fingerprint density at radius 2 is 2.00 bits per heavy atom. The summed E-state index contributed by atoms with van der Waals surface area (Å²) in [4.78, 5) is 5.01. The second kappa shape index (κ2) is 6.37. The fourth-order valence-corrected chi connectivity index (χ4v) is 3.05. The first-order valence-electron chi connectivity index (χ1n) is 6.61. The Morgan fingerprint density at radius 1 is 1.25 bits per heavy atom. The van der Waals surface area contributed by atoms with Crippen LogP contribution in [0.5, 0.6) is 0 Å². The van der Waals surface area contributed by atoms with Crippen molar-refractivity contribution in [1.29, 1.82) is 0 Å². The molecule has 2 nitrogen and oxygen atoms in total. The lowest BCUT2D eigenvalue weighted by Gasteiger charge is -2.08. The number of halogens is 1. The standard InChI is InChI=1S/C16H19FN2S/c1-10-6-12(3)19-16(7-10)20-15-5-4-13(8-11(2)18)9-14(15)17/h4-7,9,11H,8,18H2,1-3H3. The van der Waals surface area contributed by atoms with E-state index in [2.05, 4.69) is 4.98 Å². The number of aromatic nitrogens is 1. The van der Waals surface area contributed by atoms with E-state index < -0.39 is 0 Å². The number of nitrogens with zero attached hydrogens (tertiary/aromatic N) is 1.